The van der Waals surface area contributed by atoms with Gasteiger partial charge in [-0.05, 0) is 36.5 Å². The van der Waals surface area contributed by atoms with Crippen LogP contribution in [0.3, 0.4) is 0 Å². The number of phenolic OH excluding ortho intramolecular Hbond substituents is 1. The molecule has 0 aliphatic heterocycles. The number of nitrogens with one attached hydrogen (secondary N) is 3. The van der Waals surface area contributed by atoms with Crippen LogP contribution in [0.2, 0.25) is 0 Å². The highest BCUT2D eigenvalue weighted by molar-refractivity contribution is 5.93. The number of phenols is 1. The molecule has 0 saturated heterocycles. The molecule has 1 rings (SSSR count). The highest BCUT2D eigenvalue weighted by Crippen LogP contribution is 2.11. The van der Waals surface area contributed by atoms with E-state index in [0.29, 0.717) is 0 Å². The molecule has 0 bridgehead atoms. The first-order valence-corrected chi connectivity index (χ1v) is 10.3. The zero-order valence-corrected chi connectivity index (χ0v) is 18.5. The SMILES string of the molecule is CC(C)CC(NC(=O)CNC(=O)C(N)Cc1ccc(O)cc1)C(=O)NC(CC(N)=O)C(=O)O. The van der Waals surface area contributed by atoms with E-state index in [1.54, 1.807) is 26.0 Å². The van der Waals surface area contributed by atoms with Crippen molar-refractivity contribution in [2.45, 2.75) is 51.2 Å². The van der Waals surface area contributed by atoms with Crippen LogP contribution in [0.5, 0.6) is 5.75 Å². The Morgan fingerprint density at radius 2 is 1.58 bits per heavy atom. The molecule has 12 nitrogen and oxygen atoms in total. The monoisotopic (exact) mass is 465 g/mol. The smallest absolute Gasteiger partial charge is 0.326 e. The number of nitrogens with two attached hydrogens (primary N) is 2. The van der Waals surface area contributed by atoms with Crippen LogP contribution in [0.25, 0.3) is 0 Å². The summed E-state index contributed by atoms with van der Waals surface area (Å²) in [5.41, 5.74) is 11.6. The van der Waals surface area contributed by atoms with Gasteiger partial charge in [0.2, 0.25) is 23.6 Å². The van der Waals surface area contributed by atoms with E-state index in [4.69, 9.17) is 16.6 Å². The zero-order valence-electron chi connectivity index (χ0n) is 18.5. The molecule has 4 amide bonds. The summed E-state index contributed by atoms with van der Waals surface area (Å²) < 4.78 is 0. The largest absolute Gasteiger partial charge is 0.508 e. The van der Waals surface area contributed by atoms with E-state index in [1.165, 1.54) is 12.1 Å². The molecular weight excluding hydrogens is 434 g/mol. The van der Waals surface area contributed by atoms with Gasteiger partial charge in [0.05, 0.1) is 19.0 Å². The first-order valence-electron chi connectivity index (χ1n) is 10.3. The van der Waals surface area contributed by atoms with Crippen LogP contribution in [0, 0.1) is 5.92 Å². The average molecular weight is 466 g/mol. The van der Waals surface area contributed by atoms with Gasteiger partial charge in [-0.25, -0.2) is 4.79 Å². The number of carboxylic acids is 1. The van der Waals surface area contributed by atoms with Crippen LogP contribution < -0.4 is 27.4 Å². The summed E-state index contributed by atoms with van der Waals surface area (Å²) in [5, 5.41) is 25.5. The van der Waals surface area contributed by atoms with Gasteiger partial charge in [0, 0.05) is 0 Å². The lowest BCUT2D eigenvalue weighted by atomic mass is 10.0. The first-order chi connectivity index (χ1) is 15.4. The van der Waals surface area contributed by atoms with Crippen molar-refractivity contribution in [3.05, 3.63) is 29.8 Å². The Bertz CT molecular complexity index is 857. The molecular formula is C21H31N5O7. The van der Waals surface area contributed by atoms with Crippen molar-refractivity contribution < 1.29 is 34.2 Å². The van der Waals surface area contributed by atoms with Gasteiger partial charge in [-0.1, -0.05) is 26.0 Å². The second-order valence-corrected chi connectivity index (χ2v) is 8.01. The predicted octanol–water partition coefficient (Wildman–Crippen LogP) is -1.65. The summed E-state index contributed by atoms with van der Waals surface area (Å²) in [7, 11) is 0. The summed E-state index contributed by atoms with van der Waals surface area (Å²) in [6, 6.07) is 2.60. The highest BCUT2D eigenvalue weighted by atomic mass is 16.4. The zero-order chi connectivity index (χ0) is 25.1. The topological polar surface area (TPSA) is 214 Å². The number of benzene rings is 1. The van der Waals surface area contributed by atoms with Gasteiger partial charge >= 0.3 is 5.97 Å². The fourth-order valence-corrected chi connectivity index (χ4v) is 2.90. The van der Waals surface area contributed by atoms with E-state index in [-0.39, 0.29) is 24.5 Å². The van der Waals surface area contributed by atoms with Gasteiger partial charge in [0.25, 0.3) is 0 Å². The number of rotatable bonds is 13. The van der Waals surface area contributed by atoms with Crippen LogP contribution >= 0.6 is 0 Å². The molecule has 3 unspecified atom stereocenters. The van der Waals surface area contributed by atoms with Crippen LogP contribution in [0.1, 0.15) is 32.3 Å². The van der Waals surface area contributed by atoms with E-state index >= 15 is 0 Å². The molecule has 0 aliphatic carbocycles. The van der Waals surface area contributed by atoms with Crippen molar-refractivity contribution in [3.63, 3.8) is 0 Å². The maximum atomic E-state index is 12.5. The molecule has 0 aromatic heterocycles. The van der Waals surface area contributed by atoms with E-state index < -0.39 is 60.7 Å². The molecule has 182 valence electrons. The van der Waals surface area contributed by atoms with Crippen molar-refractivity contribution >= 4 is 29.6 Å². The molecule has 0 aliphatic rings. The van der Waals surface area contributed by atoms with E-state index in [9.17, 15) is 29.1 Å². The Balaban J connectivity index is 2.65. The standard InChI is InChI=1S/C21H31N5O7/c1-11(2)7-15(20(31)26-16(21(32)33)9-17(23)28)25-18(29)10-24-19(30)14(22)8-12-3-5-13(27)6-4-12/h3-6,11,14-16,27H,7-10,22H2,1-2H3,(H2,23,28)(H,24,30)(H,25,29)(H,26,31)(H,32,33). The van der Waals surface area contributed by atoms with Gasteiger partial charge in [0.1, 0.15) is 17.8 Å². The molecule has 33 heavy (non-hydrogen) atoms. The Labute approximate surface area is 191 Å². The second-order valence-electron chi connectivity index (χ2n) is 8.01. The number of carboxylic acid groups (broad SMARTS) is 1. The summed E-state index contributed by atoms with van der Waals surface area (Å²) in [6.07, 6.45) is -0.226. The summed E-state index contributed by atoms with van der Waals surface area (Å²) in [4.78, 5) is 59.3. The van der Waals surface area contributed by atoms with E-state index in [2.05, 4.69) is 16.0 Å². The minimum Gasteiger partial charge on any atom is -0.508 e. The van der Waals surface area contributed by atoms with Gasteiger partial charge in [-0.15, -0.1) is 0 Å². The molecule has 1 aromatic carbocycles. The minimum atomic E-state index is -1.53. The molecule has 3 atom stereocenters. The number of aromatic hydroxyl groups is 1. The lowest BCUT2D eigenvalue weighted by molar-refractivity contribution is -0.143. The molecule has 0 fully saturated rings. The number of primary amides is 1. The van der Waals surface area contributed by atoms with Crippen molar-refractivity contribution in [1.29, 1.82) is 0 Å². The van der Waals surface area contributed by atoms with Crippen LogP contribution in [0.4, 0.5) is 0 Å². The number of carbonyl (C=O) groups is 5. The van der Waals surface area contributed by atoms with E-state index in [0.717, 1.165) is 5.56 Å². The molecule has 0 radical (unpaired) electrons. The van der Waals surface area contributed by atoms with Gasteiger partial charge in [0.15, 0.2) is 0 Å². The average Bonchev–Trinajstić information content (AvgIpc) is 2.71. The first kappa shape index (κ1) is 27.4. The maximum Gasteiger partial charge on any atom is 0.326 e. The molecule has 9 N–H and O–H groups in total. The van der Waals surface area contributed by atoms with Crippen molar-refractivity contribution in [2.24, 2.45) is 17.4 Å². The van der Waals surface area contributed by atoms with Crippen molar-refractivity contribution in [2.75, 3.05) is 6.54 Å². The minimum absolute atomic E-state index is 0.0335. The fraction of sp³-hybridized carbons (Fsp3) is 0.476. The summed E-state index contributed by atoms with van der Waals surface area (Å²) in [5.74, 6) is -4.35. The number of carbonyl (C=O) groups excluding carboxylic acids is 4. The number of aliphatic carboxylic acids is 1. The molecule has 0 saturated carbocycles. The van der Waals surface area contributed by atoms with Crippen molar-refractivity contribution in [1.82, 2.24) is 16.0 Å². The van der Waals surface area contributed by atoms with Gasteiger partial charge in [-0.3, -0.25) is 19.2 Å². The second kappa shape index (κ2) is 13.0. The number of amides is 4. The lowest BCUT2D eigenvalue weighted by Crippen LogP contribution is -2.54. The molecule has 12 heteroatoms. The Morgan fingerprint density at radius 3 is 2.09 bits per heavy atom. The molecule has 1 aromatic rings. The third kappa shape index (κ3) is 10.5. The molecule has 0 heterocycles. The highest BCUT2D eigenvalue weighted by Gasteiger charge is 2.28. The van der Waals surface area contributed by atoms with Gasteiger partial charge in [-0.2, -0.15) is 0 Å². The van der Waals surface area contributed by atoms with Crippen LogP contribution in [0.15, 0.2) is 24.3 Å². The Kier molecular flexibility index (Phi) is 10.8. The Hall–Kier alpha value is -3.67. The van der Waals surface area contributed by atoms with Gasteiger partial charge < -0.3 is 37.6 Å². The third-order valence-electron chi connectivity index (χ3n) is 4.53. The third-order valence-corrected chi connectivity index (χ3v) is 4.53. The summed E-state index contributed by atoms with van der Waals surface area (Å²) in [6.45, 7) is 3.15. The van der Waals surface area contributed by atoms with Crippen molar-refractivity contribution in [3.8, 4) is 5.75 Å². The lowest BCUT2D eigenvalue weighted by Gasteiger charge is -2.22. The summed E-state index contributed by atoms with van der Waals surface area (Å²) >= 11 is 0. The van der Waals surface area contributed by atoms with Crippen LogP contribution in [-0.2, 0) is 30.4 Å². The quantitative estimate of drug-likeness (QED) is 0.179. The number of hydrogen-bond acceptors (Lipinski definition) is 7. The number of hydrogen-bond donors (Lipinski definition) is 7. The predicted molar refractivity (Wildman–Crippen MR) is 118 cm³/mol. The Morgan fingerprint density at radius 1 is 0.970 bits per heavy atom. The maximum absolute atomic E-state index is 12.5. The van der Waals surface area contributed by atoms with Crippen LogP contribution in [-0.4, -0.2) is 64.5 Å². The van der Waals surface area contributed by atoms with E-state index in [1.807, 2.05) is 0 Å². The normalized spacial score (nSPS) is 13.5. The fourth-order valence-electron chi connectivity index (χ4n) is 2.90. The molecule has 0 spiro atoms.